The minimum Gasteiger partial charge on any atom is -0.340 e. The molecule has 2 heterocycles. The van der Waals surface area contributed by atoms with Gasteiger partial charge in [-0.1, -0.05) is 12.0 Å². The van der Waals surface area contributed by atoms with E-state index in [9.17, 15) is 4.79 Å². The number of hydrogen-bond acceptors (Lipinski definition) is 5. The van der Waals surface area contributed by atoms with E-state index in [0.717, 1.165) is 41.7 Å². The molecular formula is C23H24N6O. The molecule has 7 heteroatoms. The summed E-state index contributed by atoms with van der Waals surface area (Å²) < 4.78 is 0. The van der Waals surface area contributed by atoms with Crippen molar-refractivity contribution >= 4 is 34.1 Å². The van der Waals surface area contributed by atoms with Crippen molar-refractivity contribution in [3.8, 4) is 12.3 Å². The van der Waals surface area contributed by atoms with Gasteiger partial charge in [0.15, 0.2) is 0 Å². The van der Waals surface area contributed by atoms with Gasteiger partial charge in [-0.25, -0.2) is 14.8 Å². The van der Waals surface area contributed by atoms with Gasteiger partial charge in [-0.3, -0.25) is 0 Å². The lowest BCUT2D eigenvalue weighted by atomic mass is 10.2. The molecule has 1 aliphatic rings. The number of likely N-dealkylation sites (tertiary alicyclic amines) is 1. The molecule has 4 rings (SSSR count). The van der Waals surface area contributed by atoms with Crippen LogP contribution in [0.2, 0.25) is 0 Å². The number of benzene rings is 2. The predicted molar refractivity (Wildman–Crippen MR) is 120 cm³/mol. The topological polar surface area (TPSA) is 73.4 Å². The summed E-state index contributed by atoms with van der Waals surface area (Å²) in [4.78, 5) is 25.4. The third kappa shape index (κ3) is 4.19. The molecule has 1 unspecified atom stereocenters. The third-order valence-electron chi connectivity index (χ3n) is 5.36. The summed E-state index contributed by atoms with van der Waals surface area (Å²) >= 11 is 0. The Morgan fingerprint density at radius 2 is 2.07 bits per heavy atom. The molecule has 2 amide bonds. The quantitative estimate of drug-likeness (QED) is 0.656. The van der Waals surface area contributed by atoms with Crippen molar-refractivity contribution in [3.63, 3.8) is 0 Å². The van der Waals surface area contributed by atoms with Gasteiger partial charge in [0.1, 0.15) is 12.1 Å². The summed E-state index contributed by atoms with van der Waals surface area (Å²) in [5.41, 5.74) is 3.11. The van der Waals surface area contributed by atoms with E-state index in [2.05, 4.69) is 31.4 Å². The van der Waals surface area contributed by atoms with Crippen LogP contribution in [0.4, 0.5) is 22.0 Å². The highest BCUT2D eigenvalue weighted by Crippen LogP contribution is 2.26. The van der Waals surface area contributed by atoms with E-state index < -0.39 is 0 Å². The number of nitrogens with one attached hydrogen (secondary N) is 2. The molecule has 1 fully saturated rings. The van der Waals surface area contributed by atoms with Gasteiger partial charge in [-0.05, 0) is 56.9 Å². The molecule has 0 radical (unpaired) electrons. The Hall–Kier alpha value is -3.63. The van der Waals surface area contributed by atoms with Crippen LogP contribution in [0.15, 0.2) is 48.8 Å². The maximum absolute atomic E-state index is 12.7. The summed E-state index contributed by atoms with van der Waals surface area (Å²) in [6.07, 6.45) is 7.99. The van der Waals surface area contributed by atoms with Crippen LogP contribution >= 0.6 is 0 Å². The van der Waals surface area contributed by atoms with Crippen molar-refractivity contribution in [1.29, 1.82) is 0 Å². The molecule has 1 aliphatic heterocycles. The van der Waals surface area contributed by atoms with Crippen LogP contribution in [-0.4, -0.2) is 59.0 Å². The number of likely N-dealkylation sites (N-methyl/N-ethyl adjacent to an activating group) is 1. The summed E-state index contributed by atoms with van der Waals surface area (Å²) in [5.74, 6) is 3.28. The smallest absolute Gasteiger partial charge is 0.321 e. The molecule has 7 nitrogen and oxygen atoms in total. The molecule has 30 heavy (non-hydrogen) atoms. The molecule has 2 aromatic carbocycles. The Labute approximate surface area is 176 Å². The number of fused-ring (bicyclic) bond motifs is 1. The largest absolute Gasteiger partial charge is 0.340 e. The highest BCUT2D eigenvalue weighted by atomic mass is 16.2. The zero-order valence-corrected chi connectivity index (χ0v) is 17.1. The second kappa shape index (κ2) is 8.39. The minimum absolute atomic E-state index is 0.0909. The van der Waals surface area contributed by atoms with Crippen LogP contribution in [0.3, 0.4) is 0 Å². The fourth-order valence-electron chi connectivity index (χ4n) is 3.61. The maximum Gasteiger partial charge on any atom is 0.321 e. The molecule has 0 bridgehead atoms. The predicted octanol–water partition coefficient (Wildman–Crippen LogP) is 3.52. The van der Waals surface area contributed by atoms with Crippen LogP contribution < -0.4 is 10.6 Å². The van der Waals surface area contributed by atoms with Crippen LogP contribution in [0.5, 0.6) is 0 Å². The lowest BCUT2D eigenvalue weighted by Crippen LogP contribution is -2.36. The van der Waals surface area contributed by atoms with Crippen molar-refractivity contribution in [3.05, 3.63) is 54.4 Å². The van der Waals surface area contributed by atoms with E-state index in [1.807, 2.05) is 61.5 Å². The highest BCUT2D eigenvalue weighted by molar-refractivity contribution is 5.96. The van der Waals surface area contributed by atoms with E-state index >= 15 is 0 Å². The van der Waals surface area contributed by atoms with Crippen molar-refractivity contribution in [2.75, 3.05) is 37.8 Å². The molecule has 2 N–H and O–H groups in total. The highest BCUT2D eigenvalue weighted by Gasteiger charge is 2.27. The van der Waals surface area contributed by atoms with E-state index in [4.69, 9.17) is 6.42 Å². The monoisotopic (exact) mass is 400 g/mol. The van der Waals surface area contributed by atoms with Gasteiger partial charge in [0.2, 0.25) is 0 Å². The number of hydrogen-bond donors (Lipinski definition) is 2. The van der Waals surface area contributed by atoms with Gasteiger partial charge < -0.3 is 20.4 Å². The van der Waals surface area contributed by atoms with Crippen molar-refractivity contribution in [2.45, 2.75) is 12.5 Å². The molecule has 1 atom stereocenters. The molecule has 0 aliphatic carbocycles. The average Bonchev–Trinajstić information content (AvgIpc) is 3.25. The second-order valence-electron chi connectivity index (χ2n) is 7.59. The zero-order valence-electron chi connectivity index (χ0n) is 17.1. The van der Waals surface area contributed by atoms with Gasteiger partial charge in [0.05, 0.1) is 5.52 Å². The number of rotatable bonds is 4. The Morgan fingerprint density at radius 3 is 2.83 bits per heavy atom. The minimum atomic E-state index is -0.0909. The number of aromatic nitrogens is 2. The van der Waals surface area contributed by atoms with Crippen molar-refractivity contribution < 1.29 is 4.79 Å². The van der Waals surface area contributed by atoms with Crippen LogP contribution in [0.1, 0.15) is 12.0 Å². The molecular weight excluding hydrogens is 376 g/mol. The third-order valence-corrected chi connectivity index (χ3v) is 5.36. The number of terminal acetylenes is 1. The molecule has 0 spiro atoms. The average molecular weight is 400 g/mol. The molecule has 0 saturated carbocycles. The molecule has 1 aromatic heterocycles. The van der Waals surface area contributed by atoms with Crippen LogP contribution in [-0.2, 0) is 0 Å². The van der Waals surface area contributed by atoms with E-state index in [1.165, 1.54) is 6.33 Å². The van der Waals surface area contributed by atoms with Gasteiger partial charge >= 0.3 is 6.03 Å². The first-order valence-corrected chi connectivity index (χ1v) is 9.84. The zero-order chi connectivity index (χ0) is 21.1. The van der Waals surface area contributed by atoms with Gasteiger partial charge in [-0.15, -0.1) is 6.42 Å². The number of carbonyl (C=O) groups is 1. The number of urea groups is 1. The SMILES string of the molecule is C#Cc1cccc(Nc2ncnc3ccc(NC(=O)N4CCC(N(C)C)C4)cc23)c1. The summed E-state index contributed by atoms with van der Waals surface area (Å²) in [7, 11) is 4.09. The number of nitrogens with zero attached hydrogens (tertiary/aromatic N) is 4. The van der Waals surface area contributed by atoms with Crippen LogP contribution in [0, 0.1) is 12.3 Å². The standard InChI is InChI=1S/C23H24N6O/c1-4-16-6-5-7-17(12-16)26-22-20-13-18(8-9-21(20)24-15-25-22)27-23(30)29-11-10-19(14-29)28(2)3/h1,5-9,12-13,15,19H,10-11,14H2,2-3H3,(H,27,30)(H,24,25,26). The maximum atomic E-state index is 12.7. The summed E-state index contributed by atoms with van der Waals surface area (Å²) in [6, 6.07) is 13.5. The summed E-state index contributed by atoms with van der Waals surface area (Å²) in [5, 5.41) is 7.12. The normalized spacial score (nSPS) is 15.9. The van der Waals surface area contributed by atoms with Gasteiger partial charge in [-0.2, -0.15) is 0 Å². The number of amides is 2. The fourth-order valence-corrected chi connectivity index (χ4v) is 3.61. The van der Waals surface area contributed by atoms with E-state index in [1.54, 1.807) is 0 Å². The Balaban J connectivity index is 1.55. The van der Waals surface area contributed by atoms with Gasteiger partial charge in [0.25, 0.3) is 0 Å². The molecule has 3 aromatic rings. The van der Waals surface area contributed by atoms with E-state index in [0.29, 0.717) is 17.5 Å². The number of anilines is 3. The first kappa shape index (κ1) is 19.7. The van der Waals surface area contributed by atoms with E-state index in [-0.39, 0.29) is 6.03 Å². The number of carbonyl (C=O) groups excluding carboxylic acids is 1. The van der Waals surface area contributed by atoms with Gasteiger partial charge in [0, 0.05) is 41.5 Å². The first-order chi connectivity index (χ1) is 14.5. The molecule has 1 saturated heterocycles. The fraction of sp³-hybridized carbons (Fsp3) is 0.261. The second-order valence-corrected chi connectivity index (χ2v) is 7.59. The lowest BCUT2D eigenvalue weighted by Gasteiger charge is -2.21. The Morgan fingerprint density at radius 1 is 1.20 bits per heavy atom. The first-order valence-electron chi connectivity index (χ1n) is 9.84. The summed E-state index contributed by atoms with van der Waals surface area (Å²) in [6.45, 7) is 1.48. The Kier molecular flexibility index (Phi) is 5.50. The van der Waals surface area contributed by atoms with Crippen molar-refractivity contribution in [1.82, 2.24) is 19.8 Å². The molecule has 152 valence electrons. The van der Waals surface area contributed by atoms with Crippen molar-refractivity contribution in [2.24, 2.45) is 0 Å². The lowest BCUT2D eigenvalue weighted by molar-refractivity contribution is 0.216. The Bertz CT molecular complexity index is 1120. The van der Waals surface area contributed by atoms with Crippen LogP contribution in [0.25, 0.3) is 10.9 Å².